The zero-order valence-corrected chi connectivity index (χ0v) is 12.5. The molecule has 1 saturated heterocycles. The molecule has 1 N–H and O–H groups in total. The molecule has 1 aliphatic rings. The molecule has 2 heterocycles. The number of aromatic nitrogens is 2. The molecule has 1 fully saturated rings. The van der Waals surface area contributed by atoms with Crippen molar-refractivity contribution in [1.29, 1.82) is 0 Å². The maximum absolute atomic E-state index is 4.25. The molecule has 4 nitrogen and oxygen atoms in total. The van der Waals surface area contributed by atoms with E-state index in [1.807, 2.05) is 12.4 Å². The number of anilines is 1. The van der Waals surface area contributed by atoms with Crippen molar-refractivity contribution in [3.05, 3.63) is 16.0 Å². The normalized spacial score (nSPS) is 21.1. The minimum atomic E-state index is 0.662. The van der Waals surface area contributed by atoms with Crippen LogP contribution >= 0.6 is 22.6 Å². The maximum Gasteiger partial charge on any atom is 0.222 e. The lowest BCUT2D eigenvalue weighted by Gasteiger charge is -2.20. The molecular formula is C12H19IN4. The van der Waals surface area contributed by atoms with E-state index in [4.69, 9.17) is 0 Å². The summed E-state index contributed by atoms with van der Waals surface area (Å²) in [6.07, 6.45) is 4.95. The molecule has 0 aliphatic carbocycles. The summed E-state index contributed by atoms with van der Waals surface area (Å²) in [4.78, 5) is 11.0. The predicted octanol–water partition coefficient (Wildman–Crippen LogP) is 2.22. The van der Waals surface area contributed by atoms with Crippen molar-refractivity contribution in [2.24, 2.45) is 5.92 Å². The van der Waals surface area contributed by atoms with Crippen LogP contribution in [0.25, 0.3) is 0 Å². The summed E-state index contributed by atoms with van der Waals surface area (Å²) >= 11 is 2.21. The molecule has 1 atom stereocenters. The zero-order valence-electron chi connectivity index (χ0n) is 10.4. The first kappa shape index (κ1) is 13.0. The fourth-order valence-corrected chi connectivity index (χ4v) is 2.42. The minimum absolute atomic E-state index is 0.662. The van der Waals surface area contributed by atoms with Gasteiger partial charge < -0.3 is 10.2 Å². The highest BCUT2D eigenvalue weighted by Crippen LogP contribution is 2.18. The molecule has 1 aromatic heterocycles. The molecule has 1 aromatic rings. The number of likely N-dealkylation sites (tertiary alicyclic amines) is 1. The first-order valence-corrected chi connectivity index (χ1v) is 7.18. The summed E-state index contributed by atoms with van der Waals surface area (Å²) in [5.74, 6) is 1.47. The molecule has 0 aromatic carbocycles. The van der Waals surface area contributed by atoms with Crippen molar-refractivity contribution in [3.63, 3.8) is 0 Å². The van der Waals surface area contributed by atoms with Gasteiger partial charge in [-0.25, -0.2) is 9.97 Å². The number of rotatable bonds is 4. The van der Waals surface area contributed by atoms with Crippen molar-refractivity contribution >= 4 is 28.5 Å². The Morgan fingerprint density at radius 2 is 2.18 bits per heavy atom. The average molecular weight is 346 g/mol. The fraction of sp³-hybridized carbons (Fsp3) is 0.667. The summed E-state index contributed by atoms with van der Waals surface area (Å²) in [5, 5.41) is 3.32. The Bertz CT molecular complexity index is 352. The van der Waals surface area contributed by atoms with Gasteiger partial charge in [-0.05, 0) is 55.3 Å². The Morgan fingerprint density at radius 3 is 2.76 bits per heavy atom. The number of nitrogens with one attached hydrogen (secondary N) is 1. The number of nitrogens with zero attached hydrogens (tertiary/aromatic N) is 3. The Hall–Kier alpha value is -0.430. The van der Waals surface area contributed by atoms with E-state index >= 15 is 0 Å². The van der Waals surface area contributed by atoms with E-state index in [-0.39, 0.29) is 0 Å². The molecule has 0 saturated carbocycles. The summed E-state index contributed by atoms with van der Waals surface area (Å²) in [5.41, 5.74) is 0. The van der Waals surface area contributed by atoms with Crippen molar-refractivity contribution < 1.29 is 0 Å². The van der Waals surface area contributed by atoms with Gasteiger partial charge in [-0.3, -0.25) is 0 Å². The van der Waals surface area contributed by atoms with Crippen LogP contribution in [-0.4, -0.2) is 40.5 Å². The third-order valence-corrected chi connectivity index (χ3v) is 3.77. The summed E-state index contributed by atoms with van der Waals surface area (Å²) in [6.45, 7) is 7.91. The zero-order chi connectivity index (χ0) is 12.3. The van der Waals surface area contributed by atoms with E-state index in [9.17, 15) is 0 Å². The Balaban J connectivity index is 1.78. The SMILES string of the molecule is CC(C)N1CCC(CNc2ncc(I)cn2)C1. The van der Waals surface area contributed by atoms with Gasteiger partial charge in [-0.2, -0.15) is 0 Å². The number of halogens is 1. The first-order valence-electron chi connectivity index (χ1n) is 6.10. The van der Waals surface area contributed by atoms with Gasteiger partial charge >= 0.3 is 0 Å². The van der Waals surface area contributed by atoms with Crippen molar-refractivity contribution in [2.75, 3.05) is 25.0 Å². The highest BCUT2D eigenvalue weighted by atomic mass is 127. The average Bonchev–Trinajstić information content (AvgIpc) is 2.77. The monoisotopic (exact) mass is 346 g/mol. The molecule has 17 heavy (non-hydrogen) atoms. The van der Waals surface area contributed by atoms with Crippen LogP contribution in [0.5, 0.6) is 0 Å². The molecule has 2 rings (SSSR count). The van der Waals surface area contributed by atoms with E-state index in [1.165, 1.54) is 19.5 Å². The Morgan fingerprint density at radius 1 is 1.47 bits per heavy atom. The van der Waals surface area contributed by atoms with Gasteiger partial charge in [0.2, 0.25) is 5.95 Å². The lowest BCUT2D eigenvalue weighted by Crippen LogP contribution is -2.29. The number of hydrogen-bond acceptors (Lipinski definition) is 4. The smallest absolute Gasteiger partial charge is 0.222 e. The summed E-state index contributed by atoms with van der Waals surface area (Å²) < 4.78 is 1.07. The van der Waals surface area contributed by atoms with Crippen molar-refractivity contribution in [3.8, 4) is 0 Å². The Kier molecular flexibility index (Phi) is 4.55. The van der Waals surface area contributed by atoms with E-state index in [0.29, 0.717) is 6.04 Å². The van der Waals surface area contributed by atoms with Crippen LogP contribution in [0.1, 0.15) is 20.3 Å². The second-order valence-corrected chi connectivity index (χ2v) is 6.09. The van der Waals surface area contributed by atoms with Crippen LogP contribution in [0, 0.1) is 9.49 Å². The van der Waals surface area contributed by atoms with Crippen LogP contribution in [0.3, 0.4) is 0 Å². The molecule has 0 amide bonds. The summed E-state index contributed by atoms with van der Waals surface area (Å²) in [7, 11) is 0. The largest absolute Gasteiger partial charge is 0.354 e. The summed E-state index contributed by atoms with van der Waals surface area (Å²) in [6, 6.07) is 0.662. The molecule has 0 spiro atoms. The van der Waals surface area contributed by atoms with Gasteiger partial charge in [0.25, 0.3) is 0 Å². The second-order valence-electron chi connectivity index (χ2n) is 4.85. The molecule has 0 radical (unpaired) electrons. The quantitative estimate of drug-likeness (QED) is 0.849. The third kappa shape index (κ3) is 3.77. The van der Waals surface area contributed by atoms with Crippen LogP contribution in [0.15, 0.2) is 12.4 Å². The standard InChI is InChI=1S/C12H19IN4/c1-9(2)17-4-3-10(8-17)5-14-12-15-6-11(13)7-16-12/h6-7,9-10H,3-5,8H2,1-2H3,(H,14,15,16). The van der Waals surface area contributed by atoms with Crippen molar-refractivity contribution in [1.82, 2.24) is 14.9 Å². The molecule has 0 bridgehead atoms. The lowest BCUT2D eigenvalue weighted by atomic mass is 10.1. The maximum atomic E-state index is 4.25. The van der Waals surface area contributed by atoms with Gasteiger partial charge in [0.05, 0.1) is 0 Å². The molecule has 1 aliphatic heterocycles. The predicted molar refractivity (Wildman–Crippen MR) is 78.1 cm³/mol. The van der Waals surface area contributed by atoms with Gasteiger partial charge in [-0.1, -0.05) is 0 Å². The van der Waals surface area contributed by atoms with E-state index in [1.54, 1.807) is 0 Å². The number of hydrogen-bond donors (Lipinski definition) is 1. The molecule has 1 unspecified atom stereocenters. The van der Waals surface area contributed by atoms with Crippen LogP contribution in [-0.2, 0) is 0 Å². The van der Waals surface area contributed by atoms with Gasteiger partial charge in [0.15, 0.2) is 0 Å². The Labute approximate surface area is 116 Å². The lowest BCUT2D eigenvalue weighted by molar-refractivity contribution is 0.266. The topological polar surface area (TPSA) is 41.0 Å². The highest BCUT2D eigenvalue weighted by Gasteiger charge is 2.23. The fourth-order valence-electron chi connectivity index (χ4n) is 2.14. The van der Waals surface area contributed by atoms with Crippen LogP contribution in [0.2, 0.25) is 0 Å². The van der Waals surface area contributed by atoms with Gasteiger partial charge in [0, 0.05) is 35.1 Å². The van der Waals surface area contributed by atoms with Crippen LogP contribution in [0.4, 0.5) is 5.95 Å². The van der Waals surface area contributed by atoms with Crippen molar-refractivity contribution in [2.45, 2.75) is 26.3 Å². The third-order valence-electron chi connectivity index (χ3n) is 3.22. The second kappa shape index (κ2) is 5.95. The van der Waals surface area contributed by atoms with Gasteiger partial charge in [0.1, 0.15) is 0 Å². The molecule has 94 valence electrons. The highest BCUT2D eigenvalue weighted by molar-refractivity contribution is 14.1. The van der Waals surface area contributed by atoms with Crippen LogP contribution < -0.4 is 5.32 Å². The molecular weight excluding hydrogens is 327 g/mol. The molecule has 5 heteroatoms. The van der Waals surface area contributed by atoms with E-state index in [0.717, 1.165) is 22.0 Å². The minimum Gasteiger partial charge on any atom is -0.354 e. The van der Waals surface area contributed by atoms with E-state index < -0.39 is 0 Å². The first-order chi connectivity index (χ1) is 8.15. The van der Waals surface area contributed by atoms with Gasteiger partial charge in [-0.15, -0.1) is 0 Å². The van der Waals surface area contributed by atoms with E-state index in [2.05, 4.69) is 56.6 Å².